The zero-order valence-electron chi connectivity index (χ0n) is 16.7. The summed E-state index contributed by atoms with van der Waals surface area (Å²) in [5.41, 5.74) is 0.813. The predicted molar refractivity (Wildman–Crippen MR) is 111 cm³/mol. The predicted octanol–water partition coefficient (Wildman–Crippen LogP) is 4.96. The van der Waals surface area contributed by atoms with E-state index in [1.165, 1.54) is 0 Å². The van der Waals surface area contributed by atoms with Gasteiger partial charge < -0.3 is 19.1 Å². The van der Waals surface area contributed by atoms with Crippen LogP contribution in [0.1, 0.15) is 27.2 Å². The lowest BCUT2D eigenvalue weighted by atomic mass is 9.99. The highest BCUT2D eigenvalue weighted by Gasteiger charge is 2.34. The molecule has 0 aromatic heterocycles. The van der Waals surface area contributed by atoms with Crippen molar-refractivity contribution in [3.8, 4) is 17.2 Å². The molecule has 1 atom stereocenters. The van der Waals surface area contributed by atoms with E-state index in [-0.39, 0.29) is 11.3 Å². The number of ether oxygens (including phenoxy) is 3. The quantitative estimate of drug-likeness (QED) is 0.684. The van der Waals surface area contributed by atoms with E-state index in [2.05, 4.69) is 20.8 Å². The zero-order valence-corrected chi connectivity index (χ0v) is 17.5. The maximum atomic E-state index is 12.8. The number of benzene rings is 2. The normalized spacial score (nSPS) is 17.0. The number of carbonyl (C=O) groups is 1. The van der Waals surface area contributed by atoms with E-state index in [1.807, 2.05) is 18.2 Å². The first kappa shape index (κ1) is 20.3. The Labute approximate surface area is 171 Å². The third kappa shape index (κ3) is 4.90. The number of halogens is 1. The van der Waals surface area contributed by atoms with Crippen molar-refractivity contribution < 1.29 is 19.0 Å². The fraction of sp³-hybridized carbons (Fsp3) is 0.409. The van der Waals surface area contributed by atoms with Crippen molar-refractivity contribution in [1.29, 1.82) is 0 Å². The summed E-state index contributed by atoms with van der Waals surface area (Å²) >= 11 is 5.90. The van der Waals surface area contributed by atoms with Crippen molar-refractivity contribution >= 4 is 23.2 Å². The zero-order chi connectivity index (χ0) is 20.3. The Hall–Kier alpha value is -2.40. The molecular formula is C22H26ClNO4. The van der Waals surface area contributed by atoms with Gasteiger partial charge in [-0.3, -0.25) is 4.79 Å². The van der Waals surface area contributed by atoms with Gasteiger partial charge >= 0.3 is 0 Å². The van der Waals surface area contributed by atoms with Gasteiger partial charge in [0.15, 0.2) is 17.6 Å². The topological polar surface area (TPSA) is 48.0 Å². The fourth-order valence-electron chi connectivity index (χ4n) is 2.93. The van der Waals surface area contributed by atoms with Gasteiger partial charge in [0.2, 0.25) is 0 Å². The monoisotopic (exact) mass is 403 g/mol. The summed E-state index contributed by atoms with van der Waals surface area (Å²) in [6, 6.07) is 12.6. The number of rotatable bonds is 6. The molecule has 2 aromatic carbocycles. The van der Waals surface area contributed by atoms with Crippen LogP contribution in [-0.2, 0) is 4.79 Å². The molecule has 1 fully saturated rings. The lowest BCUT2D eigenvalue weighted by molar-refractivity contribution is -0.122. The molecule has 0 aliphatic carbocycles. The van der Waals surface area contributed by atoms with Crippen molar-refractivity contribution in [2.75, 3.05) is 25.2 Å². The number of hydrogen-bond donors (Lipinski definition) is 0. The van der Waals surface area contributed by atoms with Crippen LogP contribution in [0.3, 0.4) is 0 Å². The van der Waals surface area contributed by atoms with Crippen LogP contribution < -0.4 is 19.1 Å². The van der Waals surface area contributed by atoms with Crippen LogP contribution in [0.4, 0.5) is 5.69 Å². The van der Waals surface area contributed by atoms with Crippen molar-refractivity contribution in [3.63, 3.8) is 0 Å². The van der Waals surface area contributed by atoms with Crippen molar-refractivity contribution in [1.82, 2.24) is 0 Å². The van der Waals surface area contributed by atoms with Crippen LogP contribution in [0.25, 0.3) is 0 Å². The molecule has 0 N–H and O–H groups in total. The van der Waals surface area contributed by atoms with Crippen LogP contribution in [0, 0.1) is 5.41 Å². The number of anilines is 1. The van der Waals surface area contributed by atoms with Crippen LogP contribution in [0.15, 0.2) is 42.5 Å². The summed E-state index contributed by atoms with van der Waals surface area (Å²) < 4.78 is 17.2. The Morgan fingerprint density at radius 2 is 1.82 bits per heavy atom. The molecule has 1 heterocycles. The van der Waals surface area contributed by atoms with Gasteiger partial charge in [-0.25, -0.2) is 0 Å². The maximum absolute atomic E-state index is 12.8. The Kier molecular flexibility index (Phi) is 6.04. The molecule has 28 heavy (non-hydrogen) atoms. The largest absolute Gasteiger partial charge is 0.493 e. The fourth-order valence-corrected chi connectivity index (χ4v) is 3.06. The molecule has 0 spiro atoms. The van der Waals surface area contributed by atoms with Gasteiger partial charge in [-0.05, 0) is 41.8 Å². The molecule has 1 saturated heterocycles. The summed E-state index contributed by atoms with van der Waals surface area (Å²) in [5.74, 6) is 1.84. The van der Waals surface area contributed by atoms with Gasteiger partial charge in [0.25, 0.3) is 5.91 Å². The van der Waals surface area contributed by atoms with E-state index < -0.39 is 6.10 Å². The molecule has 0 bridgehead atoms. The molecule has 1 aliphatic rings. The minimum atomic E-state index is -0.510. The Morgan fingerprint density at radius 3 is 2.46 bits per heavy atom. The van der Waals surface area contributed by atoms with Crippen LogP contribution >= 0.6 is 11.6 Å². The first-order valence-corrected chi connectivity index (χ1v) is 9.69. The summed E-state index contributed by atoms with van der Waals surface area (Å²) in [7, 11) is 1.60. The highest BCUT2D eigenvalue weighted by Crippen LogP contribution is 2.35. The number of amides is 1. The molecule has 1 unspecified atom stereocenters. The van der Waals surface area contributed by atoms with Crippen LogP contribution in [0.2, 0.25) is 5.02 Å². The maximum Gasteiger partial charge on any atom is 0.268 e. The summed E-state index contributed by atoms with van der Waals surface area (Å²) in [4.78, 5) is 14.5. The first-order chi connectivity index (χ1) is 13.3. The van der Waals surface area contributed by atoms with Crippen molar-refractivity contribution in [3.05, 3.63) is 47.5 Å². The third-order valence-electron chi connectivity index (χ3n) is 4.37. The first-order valence-electron chi connectivity index (χ1n) is 9.31. The van der Waals surface area contributed by atoms with Crippen molar-refractivity contribution in [2.45, 2.75) is 33.3 Å². The lowest BCUT2D eigenvalue weighted by Crippen LogP contribution is -2.32. The summed E-state index contributed by atoms with van der Waals surface area (Å²) in [6.07, 6.45) is 0.107. The minimum absolute atomic E-state index is 0.0425. The van der Waals surface area contributed by atoms with E-state index in [1.54, 1.807) is 36.3 Å². The van der Waals surface area contributed by atoms with Gasteiger partial charge in [-0.15, -0.1) is 0 Å². The average molecular weight is 404 g/mol. The number of hydrogen-bond acceptors (Lipinski definition) is 4. The summed E-state index contributed by atoms with van der Waals surface area (Å²) in [6.45, 7) is 7.48. The van der Waals surface area contributed by atoms with E-state index in [0.29, 0.717) is 41.8 Å². The molecule has 3 rings (SSSR count). The Morgan fingerprint density at radius 1 is 1.11 bits per heavy atom. The average Bonchev–Trinajstić information content (AvgIpc) is 3.01. The summed E-state index contributed by atoms with van der Waals surface area (Å²) in [5, 5.41) is 0.632. The minimum Gasteiger partial charge on any atom is -0.493 e. The number of nitrogens with zero attached hydrogens (tertiary/aromatic N) is 1. The molecule has 150 valence electrons. The van der Waals surface area contributed by atoms with Gasteiger partial charge in [-0.2, -0.15) is 0 Å². The second kappa shape index (κ2) is 8.31. The van der Waals surface area contributed by atoms with Crippen LogP contribution in [-0.4, -0.2) is 32.3 Å². The molecule has 2 aromatic rings. The highest BCUT2D eigenvalue weighted by molar-refractivity contribution is 6.30. The smallest absolute Gasteiger partial charge is 0.268 e. The van der Waals surface area contributed by atoms with E-state index in [4.69, 9.17) is 25.8 Å². The molecule has 1 amide bonds. The SMILES string of the molecule is COc1cc(N2CCC(Oc3ccc(Cl)cc3)C2=O)ccc1OCC(C)(C)C. The van der Waals surface area contributed by atoms with Crippen molar-refractivity contribution in [2.24, 2.45) is 5.41 Å². The van der Waals surface area contributed by atoms with Crippen LogP contribution in [0.5, 0.6) is 17.2 Å². The van der Waals surface area contributed by atoms with E-state index in [9.17, 15) is 4.79 Å². The highest BCUT2D eigenvalue weighted by atomic mass is 35.5. The lowest BCUT2D eigenvalue weighted by Gasteiger charge is -2.22. The second-order valence-electron chi connectivity index (χ2n) is 8.02. The standard InChI is InChI=1S/C22H26ClNO4/c1-22(2,3)14-27-18-10-7-16(13-20(18)26-4)24-12-11-19(21(24)25)28-17-8-5-15(23)6-9-17/h5-10,13,19H,11-12,14H2,1-4H3. The van der Waals surface area contributed by atoms with Gasteiger partial charge in [0.05, 0.1) is 13.7 Å². The Bertz CT molecular complexity index is 829. The van der Waals surface area contributed by atoms with E-state index >= 15 is 0 Å². The Balaban J connectivity index is 1.71. The third-order valence-corrected chi connectivity index (χ3v) is 4.62. The number of carbonyl (C=O) groups excluding carboxylic acids is 1. The molecule has 0 saturated carbocycles. The van der Waals surface area contributed by atoms with E-state index in [0.717, 1.165) is 5.69 Å². The van der Waals surface area contributed by atoms with Gasteiger partial charge in [0.1, 0.15) is 5.75 Å². The molecule has 5 nitrogen and oxygen atoms in total. The van der Waals surface area contributed by atoms with Gasteiger partial charge in [-0.1, -0.05) is 32.4 Å². The second-order valence-corrected chi connectivity index (χ2v) is 8.46. The molecule has 1 aliphatic heterocycles. The number of methoxy groups -OCH3 is 1. The molecule has 6 heteroatoms. The molecular weight excluding hydrogens is 378 g/mol. The van der Waals surface area contributed by atoms with Gasteiger partial charge in [0, 0.05) is 29.7 Å². The molecule has 0 radical (unpaired) electrons.